The third-order valence-electron chi connectivity index (χ3n) is 6.44. The van der Waals surface area contributed by atoms with E-state index in [1.54, 1.807) is 20.2 Å². The van der Waals surface area contributed by atoms with Crippen molar-refractivity contribution in [2.24, 2.45) is 0 Å². The molecular weight excluding hydrogens is 468 g/mol. The SMILES string of the molecule is Cc1noc(C)c1C(=O)NCc1cc2cc(-c3ccccc3)cc(Cn3cnc4c(N)ncnc43)c2[nH]1. The Morgan fingerprint density at radius 1 is 1.08 bits per heavy atom. The first-order valence-electron chi connectivity index (χ1n) is 11.8. The summed E-state index contributed by atoms with van der Waals surface area (Å²) >= 11 is 0. The molecule has 1 amide bonds. The van der Waals surface area contributed by atoms with Gasteiger partial charge in [-0.05, 0) is 48.7 Å². The van der Waals surface area contributed by atoms with E-state index < -0.39 is 0 Å². The Hall–Kier alpha value is -4.99. The Morgan fingerprint density at radius 2 is 1.92 bits per heavy atom. The molecule has 0 saturated heterocycles. The number of nitrogens with one attached hydrogen (secondary N) is 2. The predicted molar refractivity (Wildman–Crippen MR) is 140 cm³/mol. The van der Waals surface area contributed by atoms with E-state index in [4.69, 9.17) is 10.3 Å². The molecule has 4 heterocycles. The maximum absolute atomic E-state index is 12.7. The van der Waals surface area contributed by atoms with Gasteiger partial charge in [0.2, 0.25) is 0 Å². The van der Waals surface area contributed by atoms with Crippen LogP contribution in [-0.2, 0) is 13.1 Å². The number of aromatic amines is 1. The zero-order valence-corrected chi connectivity index (χ0v) is 20.3. The molecular formula is C27H24N8O2. The van der Waals surface area contributed by atoms with Gasteiger partial charge >= 0.3 is 0 Å². The number of aryl methyl sites for hydroxylation is 2. The number of H-pyrrole nitrogens is 1. The minimum Gasteiger partial charge on any atom is -0.382 e. The normalized spacial score (nSPS) is 11.4. The molecule has 4 N–H and O–H groups in total. The van der Waals surface area contributed by atoms with Gasteiger partial charge in [0.25, 0.3) is 5.91 Å². The van der Waals surface area contributed by atoms with Crippen LogP contribution >= 0.6 is 0 Å². The number of anilines is 1. The summed E-state index contributed by atoms with van der Waals surface area (Å²) < 4.78 is 7.09. The highest BCUT2D eigenvalue weighted by Gasteiger charge is 2.18. The van der Waals surface area contributed by atoms with Gasteiger partial charge in [0.15, 0.2) is 11.5 Å². The lowest BCUT2D eigenvalue weighted by Crippen LogP contribution is -2.23. The molecule has 0 fully saturated rings. The summed E-state index contributed by atoms with van der Waals surface area (Å²) in [5.74, 6) is 0.629. The number of amides is 1. The molecule has 0 saturated carbocycles. The van der Waals surface area contributed by atoms with Crippen LogP contribution in [-0.4, -0.2) is 35.6 Å². The molecule has 0 aliphatic carbocycles. The first-order chi connectivity index (χ1) is 18.0. The largest absolute Gasteiger partial charge is 0.382 e. The molecule has 6 rings (SSSR count). The molecule has 6 aromatic rings. The van der Waals surface area contributed by atoms with Crippen molar-refractivity contribution in [3.8, 4) is 11.1 Å². The number of benzene rings is 2. The van der Waals surface area contributed by atoms with Crippen LogP contribution in [0.25, 0.3) is 33.2 Å². The molecule has 0 atom stereocenters. The molecule has 0 aliphatic heterocycles. The number of nitrogens with two attached hydrogens (primary N) is 1. The van der Waals surface area contributed by atoms with Crippen LogP contribution < -0.4 is 11.1 Å². The quantitative estimate of drug-likeness (QED) is 0.317. The van der Waals surface area contributed by atoms with Crippen LogP contribution in [0.15, 0.2) is 65.7 Å². The van der Waals surface area contributed by atoms with Gasteiger partial charge in [-0.2, -0.15) is 0 Å². The van der Waals surface area contributed by atoms with Gasteiger partial charge in [0.1, 0.15) is 23.2 Å². The summed E-state index contributed by atoms with van der Waals surface area (Å²) in [5.41, 5.74) is 13.4. The summed E-state index contributed by atoms with van der Waals surface area (Å²) in [4.78, 5) is 29.1. The van der Waals surface area contributed by atoms with Crippen LogP contribution in [0.5, 0.6) is 0 Å². The zero-order chi connectivity index (χ0) is 25.5. The second-order valence-electron chi connectivity index (χ2n) is 8.95. The molecule has 0 spiro atoms. The van der Waals surface area contributed by atoms with Crippen molar-refractivity contribution in [3.05, 3.63) is 89.5 Å². The first-order valence-corrected chi connectivity index (χ1v) is 11.8. The molecule has 184 valence electrons. The summed E-state index contributed by atoms with van der Waals surface area (Å²) in [7, 11) is 0. The molecule has 10 nitrogen and oxygen atoms in total. The van der Waals surface area contributed by atoms with Crippen molar-refractivity contribution in [2.45, 2.75) is 26.9 Å². The van der Waals surface area contributed by atoms with E-state index in [0.717, 1.165) is 33.3 Å². The Kier molecular flexibility index (Phi) is 5.41. The fourth-order valence-corrected chi connectivity index (χ4v) is 4.66. The average Bonchev–Trinajstić information content (AvgIpc) is 3.60. The van der Waals surface area contributed by atoms with E-state index in [2.05, 4.69) is 60.7 Å². The first kappa shape index (κ1) is 22.5. The van der Waals surface area contributed by atoms with E-state index in [-0.39, 0.29) is 5.91 Å². The molecule has 4 aromatic heterocycles. The molecule has 0 aliphatic rings. The highest BCUT2D eigenvalue weighted by Crippen LogP contribution is 2.30. The van der Waals surface area contributed by atoms with E-state index >= 15 is 0 Å². The maximum Gasteiger partial charge on any atom is 0.257 e. The number of aromatic nitrogens is 6. The van der Waals surface area contributed by atoms with E-state index in [0.29, 0.717) is 47.1 Å². The molecule has 0 radical (unpaired) electrons. The highest BCUT2D eigenvalue weighted by atomic mass is 16.5. The van der Waals surface area contributed by atoms with Gasteiger partial charge in [-0.3, -0.25) is 4.79 Å². The van der Waals surface area contributed by atoms with Crippen LogP contribution in [0.3, 0.4) is 0 Å². The summed E-state index contributed by atoms with van der Waals surface area (Å²) in [6, 6.07) is 16.6. The van der Waals surface area contributed by atoms with Crippen molar-refractivity contribution in [2.75, 3.05) is 5.73 Å². The van der Waals surface area contributed by atoms with Gasteiger partial charge < -0.3 is 25.1 Å². The van der Waals surface area contributed by atoms with E-state index in [1.807, 2.05) is 22.8 Å². The lowest BCUT2D eigenvalue weighted by Gasteiger charge is -2.10. The fraction of sp³-hybridized carbons (Fsp3) is 0.148. The number of nitrogen functional groups attached to an aromatic ring is 1. The Labute approximate surface area is 211 Å². The predicted octanol–water partition coefficient (Wildman–Crippen LogP) is 4.14. The number of carbonyl (C=O) groups is 1. The van der Waals surface area contributed by atoms with Crippen molar-refractivity contribution in [1.82, 2.24) is 35.0 Å². The lowest BCUT2D eigenvalue weighted by molar-refractivity contribution is 0.0948. The second kappa shape index (κ2) is 8.90. The van der Waals surface area contributed by atoms with Gasteiger partial charge in [-0.15, -0.1) is 0 Å². The van der Waals surface area contributed by atoms with Crippen molar-refractivity contribution in [3.63, 3.8) is 0 Å². The Bertz CT molecular complexity index is 1740. The number of rotatable bonds is 6. The highest BCUT2D eigenvalue weighted by molar-refractivity contribution is 5.96. The van der Waals surface area contributed by atoms with Crippen LogP contribution in [0.2, 0.25) is 0 Å². The van der Waals surface area contributed by atoms with E-state index in [9.17, 15) is 4.79 Å². The number of nitrogens with zero attached hydrogens (tertiary/aromatic N) is 5. The number of hydrogen-bond donors (Lipinski definition) is 3. The van der Waals surface area contributed by atoms with Crippen LogP contribution in [0.1, 0.15) is 33.1 Å². The topological polar surface area (TPSA) is 141 Å². The molecule has 2 aromatic carbocycles. The third kappa shape index (κ3) is 4.08. The molecule has 10 heteroatoms. The average molecular weight is 493 g/mol. The lowest BCUT2D eigenvalue weighted by atomic mass is 10.0. The van der Waals surface area contributed by atoms with Gasteiger partial charge in [-0.1, -0.05) is 35.5 Å². The number of fused-ring (bicyclic) bond motifs is 2. The Balaban J connectivity index is 1.38. The van der Waals surface area contributed by atoms with Crippen molar-refractivity contribution < 1.29 is 9.32 Å². The monoisotopic (exact) mass is 492 g/mol. The standard InChI is InChI=1S/C27H24N8O2/c1-15-22(16(2)37-34-15)27(36)29-11-21-10-19-8-18(17-6-4-3-5-7-17)9-20(23(19)33-21)12-35-14-32-24-25(28)30-13-31-26(24)35/h3-10,13-14,33H,11-12H2,1-2H3,(H,29,36)(H2,28,30,31). The van der Waals surface area contributed by atoms with Crippen molar-refractivity contribution in [1.29, 1.82) is 0 Å². The van der Waals surface area contributed by atoms with Crippen LogP contribution in [0.4, 0.5) is 5.82 Å². The number of imidazole rings is 1. The smallest absolute Gasteiger partial charge is 0.257 e. The number of hydrogen-bond acceptors (Lipinski definition) is 7. The minimum atomic E-state index is -0.220. The number of carbonyl (C=O) groups excluding carboxylic acids is 1. The molecule has 37 heavy (non-hydrogen) atoms. The van der Waals surface area contributed by atoms with Gasteiger partial charge in [-0.25, -0.2) is 15.0 Å². The van der Waals surface area contributed by atoms with Gasteiger partial charge in [0.05, 0.1) is 30.6 Å². The van der Waals surface area contributed by atoms with Gasteiger partial charge in [0, 0.05) is 11.1 Å². The van der Waals surface area contributed by atoms with Crippen molar-refractivity contribution >= 4 is 33.8 Å². The van der Waals surface area contributed by atoms with Crippen LogP contribution in [0, 0.1) is 13.8 Å². The molecule has 0 unspecified atom stereocenters. The maximum atomic E-state index is 12.7. The second-order valence-corrected chi connectivity index (χ2v) is 8.95. The zero-order valence-electron chi connectivity index (χ0n) is 20.3. The third-order valence-corrected chi connectivity index (χ3v) is 6.44. The summed E-state index contributed by atoms with van der Waals surface area (Å²) in [5, 5.41) is 7.88. The fourth-order valence-electron chi connectivity index (χ4n) is 4.66. The summed E-state index contributed by atoms with van der Waals surface area (Å²) in [6.07, 6.45) is 3.17. The van der Waals surface area contributed by atoms with E-state index in [1.165, 1.54) is 6.33 Å². The summed E-state index contributed by atoms with van der Waals surface area (Å²) in [6.45, 7) is 4.34. The Morgan fingerprint density at radius 3 is 2.70 bits per heavy atom. The molecule has 0 bridgehead atoms. The minimum absolute atomic E-state index is 0.220.